The Kier molecular flexibility index (Phi) is 2.01. The Labute approximate surface area is 49.2 Å². The van der Waals surface area contributed by atoms with Gasteiger partial charge in [0.2, 0.25) is 1.43 Å². The van der Waals surface area contributed by atoms with Crippen LogP contribution in [-0.2, 0) is 14.6 Å². The SMILES string of the molecule is [2H]OS(=O)(=O)OCC=C. The minimum atomic E-state index is -4.09. The Balaban J connectivity index is 3.74. The van der Waals surface area contributed by atoms with Gasteiger partial charge in [0.25, 0.3) is 0 Å². The molecule has 0 atom stereocenters. The molecule has 0 saturated heterocycles. The highest BCUT2D eigenvalue weighted by Crippen LogP contribution is 1.83. The molecule has 0 radical (unpaired) electrons. The van der Waals surface area contributed by atoms with Gasteiger partial charge in [-0.25, -0.2) is 4.18 Å². The van der Waals surface area contributed by atoms with Crippen LogP contribution >= 0.6 is 0 Å². The molecule has 0 unspecified atom stereocenters. The van der Waals surface area contributed by atoms with Crippen molar-refractivity contribution in [2.24, 2.45) is 0 Å². The highest BCUT2D eigenvalue weighted by Gasteiger charge is 1.99. The van der Waals surface area contributed by atoms with Crippen LogP contribution in [0.2, 0.25) is 0 Å². The van der Waals surface area contributed by atoms with Crippen molar-refractivity contribution in [3.05, 3.63) is 12.7 Å². The molecule has 0 rings (SSSR count). The van der Waals surface area contributed by atoms with E-state index in [2.05, 4.69) is 15.3 Å². The molecule has 0 aromatic carbocycles. The van der Waals surface area contributed by atoms with Crippen molar-refractivity contribution in [1.82, 2.24) is 0 Å². The van der Waals surface area contributed by atoms with Crippen LogP contribution in [-0.4, -0.2) is 19.6 Å². The predicted molar refractivity (Wildman–Crippen MR) is 27.7 cm³/mol. The second kappa shape index (κ2) is 2.81. The first kappa shape index (κ1) is 5.74. The average molecular weight is 139 g/mol. The highest BCUT2D eigenvalue weighted by atomic mass is 32.3. The summed E-state index contributed by atoms with van der Waals surface area (Å²) in [7, 11) is -4.09. The molecule has 0 bridgehead atoms. The summed E-state index contributed by atoms with van der Waals surface area (Å²) in [5.74, 6) is 0. The van der Waals surface area contributed by atoms with E-state index in [1.807, 2.05) is 0 Å². The Morgan fingerprint density at radius 2 is 2.62 bits per heavy atom. The molecule has 0 aliphatic rings. The van der Waals surface area contributed by atoms with Crippen LogP contribution in [0.3, 0.4) is 0 Å². The van der Waals surface area contributed by atoms with Crippen LogP contribution < -0.4 is 0 Å². The largest absolute Gasteiger partial charge is 0.397 e. The van der Waals surface area contributed by atoms with Crippen molar-refractivity contribution < 1.29 is 17.2 Å². The van der Waals surface area contributed by atoms with E-state index in [9.17, 15) is 8.42 Å². The van der Waals surface area contributed by atoms with Crippen LogP contribution in [0.25, 0.3) is 1.43 Å². The van der Waals surface area contributed by atoms with E-state index in [1.54, 1.807) is 0 Å². The van der Waals surface area contributed by atoms with Crippen LogP contribution in [0, 0.1) is 0 Å². The zero-order chi connectivity index (χ0) is 7.33. The van der Waals surface area contributed by atoms with Gasteiger partial charge in [-0.1, -0.05) is 6.08 Å². The van der Waals surface area contributed by atoms with E-state index >= 15 is 0 Å². The zero-order valence-corrected chi connectivity index (χ0v) is 4.85. The third-order valence-corrected chi connectivity index (χ3v) is 0.755. The van der Waals surface area contributed by atoms with Gasteiger partial charge in [-0.2, -0.15) is 8.42 Å². The highest BCUT2D eigenvalue weighted by molar-refractivity contribution is 7.80. The van der Waals surface area contributed by atoms with E-state index in [0.29, 0.717) is 0 Å². The van der Waals surface area contributed by atoms with Gasteiger partial charge in [-0.3, -0.25) is 4.56 Å². The van der Waals surface area contributed by atoms with Gasteiger partial charge in [0, 0.05) is 0 Å². The van der Waals surface area contributed by atoms with E-state index < -0.39 is 10.4 Å². The molecule has 0 heterocycles. The fourth-order valence-corrected chi connectivity index (χ4v) is 0.394. The summed E-state index contributed by atoms with van der Waals surface area (Å²) >= 11 is 0. The lowest BCUT2D eigenvalue weighted by Gasteiger charge is -1.90. The summed E-state index contributed by atoms with van der Waals surface area (Å²) in [6.45, 7) is 3.01. The summed E-state index contributed by atoms with van der Waals surface area (Å²) < 4.78 is 33.3. The number of hydrogen-bond acceptors (Lipinski definition) is 4. The summed E-state index contributed by atoms with van der Waals surface area (Å²) in [4.78, 5) is 0. The van der Waals surface area contributed by atoms with Crippen molar-refractivity contribution in [2.75, 3.05) is 6.61 Å². The fraction of sp³-hybridized carbons (Fsp3) is 0.333. The summed E-state index contributed by atoms with van der Waals surface area (Å²) in [6.07, 6.45) is 1.23. The lowest BCUT2D eigenvalue weighted by atomic mass is 10.7. The monoisotopic (exact) mass is 139 g/mol. The van der Waals surface area contributed by atoms with Crippen molar-refractivity contribution in [3.8, 4) is 0 Å². The minimum Gasteiger partial charge on any atom is -0.264 e. The molecule has 0 aromatic heterocycles. The Morgan fingerprint density at radius 3 is 3.00 bits per heavy atom. The normalized spacial score (nSPS) is 12.8. The number of hydrogen-bond donors (Lipinski definition) is 1. The van der Waals surface area contributed by atoms with Crippen molar-refractivity contribution in [2.45, 2.75) is 0 Å². The molecule has 8 heavy (non-hydrogen) atoms. The lowest BCUT2D eigenvalue weighted by Crippen LogP contribution is -2.02. The molecular formula is C3H6O4S. The van der Waals surface area contributed by atoms with Gasteiger partial charge in [0.1, 0.15) is 0 Å². The van der Waals surface area contributed by atoms with Gasteiger partial charge >= 0.3 is 10.4 Å². The Bertz CT molecular complexity index is 172. The average Bonchev–Trinajstić information content (AvgIpc) is 1.84. The first-order chi connectivity index (χ1) is 4.12. The van der Waals surface area contributed by atoms with Gasteiger partial charge in [-0.05, 0) is 0 Å². The summed E-state index contributed by atoms with van der Waals surface area (Å²) in [5.41, 5.74) is 0. The third-order valence-electron chi connectivity index (χ3n) is 0.330. The summed E-state index contributed by atoms with van der Waals surface area (Å²) in [5, 5.41) is 0. The first-order valence-electron chi connectivity index (χ1n) is 2.18. The maximum absolute atomic E-state index is 10.1. The number of rotatable bonds is 4. The second-order valence-corrected chi connectivity index (χ2v) is 2.03. The van der Waals surface area contributed by atoms with Crippen LogP contribution in [0.1, 0.15) is 0 Å². The van der Waals surface area contributed by atoms with Crippen molar-refractivity contribution >= 4 is 10.4 Å². The molecule has 0 aliphatic heterocycles. The van der Waals surface area contributed by atoms with Gasteiger partial charge in [0.05, 0.1) is 6.61 Å². The molecule has 0 saturated carbocycles. The summed E-state index contributed by atoms with van der Waals surface area (Å²) in [6, 6.07) is 0. The molecule has 5 heteroatoms. The minimum absolute atomic E-state index is 0.179. The molecule has 1 N–H and O–H groups in total. The standard InChI is InChI=1S/C3H6O4S/c1-2-3-7-8(4,5)6/h2H,1,3H2,(H,4,5,6)/i/hD. The Morgan fingerprint density at radius 1 is 2.00 bits per heavy atom. The molecule has 48 valence electrons. The van der Waals surface area contributed by atoms with Crippen LogP contribution in [0.4, 0.5) is 0 Å². The van der Waals surface area contributed by atoms with E-state index in [-0.39, 0.29) is 6.61 Å². The molecule has 0 fully saturated rings. The molecule has 0 amide bonds. The molecule has 0 aromatic rings. The maximum atomic E-state index is 10.1. The topological polar surface area (TPSA) is 63.6 Å². The van der Waals surface area contributed by atoms with E-state index in [4.69, 9.17) is 1.43 Å². The smallest absolute Gasteiger partial charge is 0.264 e. The fourth-order valence-electron chi connectivity index (χ4n) is 0.131. The van der Waals surface area contributed by atoms with Gasteiger partial charge < -0.3 is 0 Å². The molecule has 0 spiro atoms. The molecule has 0 aliphatic carbocycles. The molecular weight excluding hydrogens is 132 g/mol. The van der Waals surface area contributed by atoms with E-state index in [1.165, 1.54) is 6.08 Å². The second-order valence-electron chi connectivity index (χ2n) is 0.981. The lowest BCUT2D eigenvalue weighted by molar-refractivity contribution is 0.296. The molecule has 4 nitrogen and oxygen atoms in total. The quantitative estimate of drug-likeness (QED) is 0.439. The van der Waals surface area contributed by atoms with Crippen molar-refractivity contribution in [1.29, 1.82) is 1.43 Å². The zero-order valence-electron chi connectivity index (χ0n) is 5.03. The third kappa shape index (κ3) is 5.61. The first-order valence-corrected chi connectivity index (χ1v) is 3.11. The van der Waals surface area contributed by atoms with E-state index in [0.717, 1.165) is 0 Å². The van der Waals surface area contributed by atoms with Crippen LogP contribution in [0.15, 0.2) is 12.7 Å². The van der Waals surface area contributed by atoms with Gasteiger partial charge in [-0.15, -0.1) is 6.58 Å². The predicted octanol–water partition coefficient (Wildman–Crippen LogP) is -0.00820. The van der Waals surface area contributed by atoms with Crippen molar-refractivity contribution in [3.63, 3.8) is 0 Å². The van der Waals surface area contributed by atoms with Crippen LogP contribution in [0.5, 0.6) is 0 Å². The van der Waals surface area contributed by atoms with Gasteiger partial charge in [0.15, 0.2) is 0 Å². The maximum Gasteiger partial charge on any atom is 0.397 e. The Hall–Kier alpha value is -0.390.